The summed E-state index contributed by atoms with van der Waals surface area (Å²) in [5, 5.41) is 8.74. The molecule has 0 spiro atoms. The third-order valence-electron chi connectivity index (χ3n) is 3.53. The second-order valence-electron chi connectivity index (χ2n) is 5.07. The molecule has 1 aliphatic heterocycles. The standard InChI is InChI=1S/C15H17N5O3/c21-13-4-3-12(18-19-13)15(22)17-10-11-2-1-5-16-14(11)20-6-8-23-9-7-20/h1-5H,6-10H2,(H,17,22)(H,19,21). The first kappa shape index (κ1) is 15.2. The molecule has 0 aromatic carbocycles. The smallest absolute Gasteiger partial charge is 0.271 e. The Morgan fingerprint density at radius 1 is 1.30 bits per heavy atom. The lowest BCUT2D eigenvalue weighted by Gasteiger charge is -2.29. The molecular weight excluding hydrogens is 298 g/mol. The number of hydrogen-bond acceptors (Lipinski definition) is 6. The molecule has 3 rings (SSSR count). The normalized spacial score (nSPS) is 14.5. The van der Waals surface area contributed by atoms with Crippen LogP contribution >= 0.6 is 0 Å². The molecule has 8 heteroatoms. The minimum Gasteiger partial charge on any atom is -0.378 e. The average molecular weight is 315 g/mol. The Labute approximate surface area is 132 Å². The fourth-order valence-corrected chi connectivity index (χ4v) is 2.37. The van der Waals surface area contributed by atoms with E-state index in [0.717, 1.165) is 24.5 Å². The Morgan fingerprint density at radius 3 is 2.87 bits per heavy atom. The van der Waals surface area contributed by atoms with Crippen LogP contribution in [-0.4, -0.2) is 47.4 Å². The summed E-state index contributed by atoms with van der Waals surface area (Å²) in [4.78, 5) is 29.6. The van der Waals surface area contributed by atoms with Crippen molar-refractivity contribution in [1.29, 1.82) is 0 Å². The van der Waals surface area contributed by atoms with E-state index < -0.39 is 0 Å². The van der Waals surface area contributed by atoms with Crippen molar-refractivity contribution in [2.24, 2.45) is 0 Å². The molecule has 0 bridgehead atoms. The van der Waals surface area contributed by atoms with Crippen LogP contribution in [0.5, 0.6) is 0 Å². The summed E-state index contributed by atoms with van der Waals surface area (Å²) in [5.41, 5.74) is 0.747. The van der Waals surface area contributed by atoms with Crippen LogP contribution in [0.25, 0.3) is 0 Å². The van der Waals surface area contributed by atoms with Gasteiger partial charge in [0.15, 0.2) is 0 Å². The molecule has 0 aliphatic carbocycles. The summed E-state index contributed by atoms with van der Waals surface area (Å²) >= 11 is 0. The fraction of sp³-hybridized carbons (Fsp3) is 0.333. The lowest BCUT2D eigenvalue weighted by atomic mass is 10.2. The van der Waals surface area contributed by atoms with Crippen molar-refractivity contribution in [3.8, 4) is 0 Å². The van der Waals surface area contributed by atoms with Gasteiger partial charge in [-0.05, 0) is 12.1 Å². The van der Waals surface area contributed by atoms with Gasteiger partial charge in [0.05, 0.1) is 13.2 Å². The van der Waals surface area contributed by atoms with E-state index in [1.165, 1.54) is 12.1 Å². The van der Waals surface area contributed by atoms with Gasteiger partial charge in [0.1, 0.15) is 11.5 Å². The van der Waals surface area contributed by atoms with E-state index in [-0.39, 0.29) is 17.2 Å². The molecule has 2 aromatic heterocycles. The van der Waals surface area contributed by atoms with Gasteiger partial charge in [-0.1, -0.05) is 6.07 Å². The first-order valence-electron chi connectivity index (χ1n) is 7.34. The summed E-state index contributed by atoms with van der Waals surface area (Å²) in [6.07, 6.45) is 1.74. The number of hydrogen-bond donors (Lipinski definition) is 2. The number of anilines is 1. The summed E-state index contributed by atoms with van der Waals surface area (Å²) in [7, 11) is 0. The highest BCUT2D eigenvalue weighted by molar-refractivity contribution is 5.92. The summed E-state index contributed by atoms with van der Waals surface area (Å²) in [6.45, 7) is 3.23. The van der Waals surface area contributed by atoms with Crippen LogP contribution < -0.4 is 15.8 Å². The van der Waals surface area contributed by atoms with E-state index in [4.69, 9.17) is 4.74 Å². The van der Waals surface area contributed by atoms with E-state index in [0.29, 0.717) is 19.8 Å². The SMILES string of the molecule is O=C(NCc1cccnc1N1CCOCC1)c1ccc(=O)[nH]n1. The van der Waals surface area contributed by atoms with Crippen LogP contribution in [0.3, 0.4) is 0 Å². The number of morpholine rings is 1. The first-order chi connectivity index (χ1) is 11.2. The highest BCUT2D eigenvalue weighted by Gasteiger charge is 2.16. The average Bonchev–Trinajstić information content (AvgIpc) is 2.61. The molecule has 0 atom stereocenters. The van der Waals surface area contributed by atoms with Gasteiger partial charge in [0, 0.05) is 37.5 Å². The molecule has 0 saturated carbocycles. The molecule has 0 radical (unpaired) electrons. The zero-order valence-electron chi connectivity index (χ0n) is 12.5. The van der Waals surface area contributed by atoms with Gasteiger partial charge in [-0.3, -0.25) is 9.59 Å². The van der Waals surface area contributed by atoms with E-state index >= 15 is 0 Å². The highest BCUT2D eigenvalue weighted by Crippen LogP contribution is 2.18. The molecule has 1 amide bonds. The molecule has 2 aromatic rings. The number of carbonyl (C=O) groups is 1. The number of aromatic amines is 1. The largest absolute Gasteiger partial charge is 0.378 e. The minimum absolute atomic E-state index is 0.168. The Balaban J connectivity index is 1.69. The predicted molar refractivity (Wildman–Crippen MR) is 83.3 cm³/mol. The van der Waals surface area contributed by atoms with E-state index in [1.54, 1.807) is 6.20 Å². The monoisotopic (exact) mass is 315 g/mol. The fourth-order valence-electron chi connectivity index (χ4n) is 2.37. The molecular formula is C15H17N5O3. The van der Waals surface area contributed by atoms with Gasteiger partial charge in [-0.2, -0.15) is 5.10 Å². The van der Waals surface area contributed by atoms with Crippen molar-refractivity contribution < 1.29 is 9.53 Å². The van der Waals surface area contributed by atoms with E-state index in [9.17, 15) is 9.59 Å². The lowest BCUT2D eigenvalue weighted by molar-refractivity contribution is 0.0944. The highest BCUT2D eigenvalue weighted by atomic mass is 16.5. The van der Waals surface area contributed by atoms with Gasteiger partial charge >= 0.3 is 0 Å². The van der Waals surface area contributed by atoms with Gasteiger partial charge in [-0.25, -0.2) is 10.1 Å². The zero-order chi connectivity index (χ0) is 16.1. The van der Waals surface area contributed by atoms with Crippen LogP contribution in [0.15, 0.2) is 35.3 Å². The van der Waals surface area contributed by atoms with Crippen molar-refractivity contribution in [2.75, 3.05) is 31.2 Å². The third-order valence-corrected chi connectivity index (χ3v) is 3.53. The van der Waals surface area contributed by atoms with Gasteiger partial charge in [0.25, 0.3) is 11.5 Å². The van der Waals surface area contributed by atoms with Crippen LogP contribution in [0.2, 0.25) is 0 Å². The third kappa shape index (κ3) is 3.72. The molecule has 1 fully saturated rings. The molecule has 3 heterocycles. The van der Waals surface area contributed by atoms with Crippen molar-refractivity contribution in [3.63, 3.8) is 0 Å². The number of aromatic nitrogens is 3. The molecule has 0 unspecified atom stereocenters. The van der Waals surface area contributed by atoms with Crippen molar-refractivity contribution >= 4 is 11.7 Å². The second kappa shape index (κ2) is 7.01. The topological polar surface area (TPSA) is 100 Å². The number of rotatable bonds is 4. The minimum atomic E-state index is -0.349. The molecule has 1 aliphatic rings. The summed E-state index contributed by atoms with van der Waals surface area (Å²) in [5.74, 6) is 0.503. The van der Waals surface area contributed by atoms with E-state index in [1.807, 2.05) is 12.1 Å². The number of nitrogens with one attached hydrogen (secondary N) is 2. The van der Waals surface area contributed by atoms with Crippen LogP contribution in [-0.2, 0) is 11.3 Å². The summed E-state index contributed by atoms with van der Waals surface area (Å²) < 4.78 is 5.35. The Kier molecular flexibility index (Phi) is 4.62. The van der Waals surface area contributed by atoms with Crippen molar-refractivity contribution in [1.82, 2.24) is 20.5 Å². The number of carbonyl (C=O) groups excluding carboxylic acids is 1. The Hall–Kier alpha value is -2.74. The molecule has 120 valence electrons. The van der Waals surface area contributed by atoms with Gasteiger partial charge < -0.3 is 15.0 Å². The summed E-state index contributed by atoms with van der Waals surface area (Å²) in [6, 6.07) is 6.42. The maximum Gasteiger partial charge on any atom is 0.271 e. The van der Waals surface area contributed by atoms with Crippen LogP contribution in [0.1, 0.15) is 16.1 Å². The molecule has 8 nitrogen and oxygen atoms in total. The predicted octanol–water partition coefficient (Wildman–Crippen LogP) is -0.0685. The van der Waals surface area contributed by atoms with Crippen molar-refractivity contribution in [2.45, 2.75) is 6.54 Å². The number of ether oxygens (including phenoxy) is 1. The number of amides is 1. The zero-order valence-corrected chi connectivity index (χ0v) is 12.5. The number of nitrogens with zero attached hydrogens (tertiary/aromatic N) is 3. The first-order valence-corrected chi connectivity index (χ1v) is 7.34. The van der Waals surface area contributed by atoms with E-state index in [2.05, 4.69) is 25.4 Å². The molecule has 2 N–H and O–H groups in total. The quantitative estimate of drug-likeness (QED) is 0.819. The second-order valence-corrected chi connectivity index (χ2v) is 5.07. The Morgan fingerprint density at radius 2 is 2.13 bits per heavy atom. The van der Waals surface area contributed by atoms with Crippen LogP contribution in [0.4, 0.5) is 5.82 Å². The van der Waals surface area contributed by atoms with Crippen molar-refractivity contribution in [3.05, 3.63) is 52.1 Å². The maximum absolute atomic E-state index is 12.1. The van der Waals surface area contributed by atoms with Gasteiger partial charge in [-0.15, -0.1) is 0 Å². The van der Waals surface area contributed by atoms with Crippen LogP contribution in [0, 0.1) is 0 Å². The number of H-pyrrole nitrogens is 1. The Bertz CT molecular complexity index is 719. The lowest BCUT2D eigenvalue weighted by Crippen LogP contribution is -2.38. The molecule has 23 heavy (non-hydrogen) atoms. The maximum atomic E-state index is 12.1. The number of pyridine rings is 1. The van der Waals surface area contributed by atoms with Gasteiger partial charge in [0.2, 0.25) is 0 Å². The molecule has 1 saturated heterocycles.